The minimum atomic E-state index is -0.616. The Labute approximate surface area is 154 Å². The Kier molecular flexibility index (Phi) is 4.80. The summed E-state index contributed by atoms with van der Waals surface area (Å²) < 4.78 is 0. The summed E-state index contributed by atoms with van der Waals surface area (Å²) in [5.41, 5.74) is 0.602. The van der Waals surface area contributed by atoms with Crippen LogP contribution in [0.3, 0.4) is 0 Å². The highest BCUT2D eigenvalue weighted by molar-refractivity contribution is 6.06. The van der Waals surface area contributed by atoms with Gasteiger partial charge in [-0.05, 0) is 12.8 Å². The molecule has 1 aromatic rings. The molecule has 2 aliphatic heterocycles. The van der Waals surface area contributed by atoms with Crippen molar-refractivity contribution in [3.8, 4) is 0 Å². The first-order chi connectivity index (χ1) is 12.7. The Bertz CT molecular complexity index is 649. The SMILES string of the molecule is O=C1NC2(CCCCCC2)C(=O)N1C[NH+]1CCN(c2cc[nH+]cc2)CC1. The molecule has 3 fully saturated rings. The van der Waals surface area contributed by atoms with Gasteiger partial charge in [0.2, 0.25) is 0 Å². The van der Waals surface area contributed by atoms with Crippen LogP contribution in [0.15, 0.2) is 24.5 Å². The minimum Gasteiger partial charge on any atom is -0.360 e. The molecule has 2 saturated heterocycles. The molecular weight excluding hydrogens is 330 g/mol. The Morgan fingerprint density at radius 3 is 2.35 bits per heavy atom. The molecule has 3 aliphatic rings. The lowest BCUT2D eigenvalue weighted by Crippen LogP contribution is -3.16. The molecule has 7 nitrogen and oxygen atoms in total. The van der Waals surface area contributed by atoms with E-state index in [9.17, 15) is 9.59 Å². The lowest BCUT2D eigenvalue weighted by molar-refractivity contribution is -0.907. The third-order valence-corrected chi connectivity index (χ3v) is 6.12. The number of aromatic nitrogens is 1. The quantitative estimate of drug-likeness (QED) is 0.735. The Morgan fingerprint density at radius 1 is 1.04 bits per heavy atom. The number of amides is 3. The molecule has 26 heavy (non-hydrogen) atoms. The van der Waals surface area contributed by atoms with Crippen LogP contribution in [0, 0.1) is 0 Å². The first kappa shape index (κ1) is 17.3. The summed E-state index contributed by atoms with van der Waals surface area (Å²) in [5.74, 6) is 0.0120. The number of rotatable bonds is 3. The molecule has 7 heteroatoms. The maximum atomic E-state index is 13.0. The average Bonchev–Trinajstić information content (AvgIpc) is 2.84. The highest BCUT2D eigenvalue weighted by Gasteiger charge is 2.51. The maximum Gasteiger partial charge on any atom is 0.329 e. The smallest absolute Gasteiger partial charge is 0.329 e. The molecule has 3 heterocycles. The van der Waals surface area contributed by atoms with Gasteiger partial charge in [0.15, 0.2) is 19.1 Å². The average molecular weight is 359 g/mol. The van der Waals surface area contributed by atoms with E-state index in [1.165, 1.54) is 15.5 Å². The fourth-order valence-corrected chi connectivity index (χ4v) is 4.54. The Morgan fingerprint density at radius 2 is 1.69 bits per heavy atom. The van der Waals surface area contributed by atoms with E-state index in [1.807, 2.05) is 12.4 Å². The summed E-state index contributed by atoms with van der Waals surface area (Å²) in [7, 11) is 0. The lowest BCUT2D eigenvalue weighted by atomic mass is 9.90. The van der Waals surface area contributed by atoms with E-state index in [0.717, 1.165) is 64.7 Å². The Hall–Kier alpha value is -2.15. The van der Waals surface area contributed by atoms with Crippen molar-refractivity contribution in [3.05, 3.63) is 24.5 Å². The molecule has 0 unspecified atom stereocenters. The third-order valence-electron chi connectivity index (χ3n) is 6.12. The van der Waals surface area contributed by atoms with E-state index < -0.39 is 5.54 Å². The van der Waals surface area contributed by atoms with Crippen molar-refractivity contribution in [3.63, 3.8) is 0 Å². The van der Waals surface area contributed by atoms with Gasteiger partial charge in [0.25, 0.3) is 5.91 Å². The van der Waals surface area contributed by atoms with Crippen LogP contribution in [0.4, 0.5) is 10.5 Å². The standard InChI is InChI=1S/C19H27N5O2/c25-17-19(7-3-1-2-4-8-19)21-18(26)24(17)15-22-11-13-23(14-12-22)16-5-9-20-10-6-16/h5-6,9-10H,1-4,7-8,11-15H2,(H,21,26)/p+2. The van der Waals surface area contributed by atoms with Crippen molar-refractivity contribution in [2.45, 2.75) is 44.1 Å². The van der Waals surface area contributed by atoms with Gasteiger partial charge in [0, 0.05) is 17.8 Å². The second-order valence-corrected chi connectivity index (χ2v) is 7.81. The van der Waals surface area contributed by atoms with Gasteiger partial charge < -0.3 is 15.1 Å². The number of hydrogen-bond donors (Lipinski definition) is 2. The van der Waals surface area contributed by atoms with Gasteiger partial charge in [-0.15, -0.1) is 0 Å². The number of urea groups is 1. The topological polar surface area (TPSA) is 71.2 Å². The van der Waals surface area contributed by atoms with Gasteiger partial charge in [0.05, 0.1) is 26.2 Å². The maximum absolute atomic E-state index is 13.0. The second kappa shape index (κ2) is 7.23. The molecule has 3 N–H and O–H groups in total. The number of piperazine rings is 1. The Balaban J connectivity index is 1.36. The number of pyridine rings is 1. The molecule has 0 atom stereocenters. The zero-order valence-corrected chi connectivity index (χ0v) is 15.3. The van der Waals surface area contributed by atoms with Gasteiger partial charge in [0.1, 0.15) is 5.54 Å². The predicted octanol–water partition coefficient (Wildman–Crippen LogP) is -0.192. The number of nitrogens with zero attached hydrogens (tertiary/aromatic N) is 2. The summed E-state index contributed by atoms with van der Waals surface area (Å²) in [4.78, 5) is 33.7. The number of carbonyl (C=O) groups is 2. The molecular formula is C19H29N5O2+2. The highest BCUT2D eigenvalue weighted by atomic mass is 16.2. The van der Waals surface area contributed by atoms with Crippen molar-refractivity contribution >= 4 is 17.6 Å². The molecule has 3 amide bonds. The van der Waals surface area contributed by atoms with Crippen LogP contribution in [0.1, 0.15) is 38.5 Å². The molecule has 0 aromatic carbocycles. The van der Waals surface area contributed by atoms with Crippen molar-refractivity contribution in [1.29, 1.82) is 0 Å². The number of imide groups is 1. The number of aromatic amines is 1. The van der Waals surface area contributed by atoms with Gasteiger partial charge in [-0.25, -0.2) is 14.7 Å². The fraction of sp³-hybridized carbons (Fsp3) is 0.632. The van der Waals surface area contributed by atoms with Crippen LogP contribution in [0.5, 0.6) is 0 Å². The summed E-state index contributed by atoms with van der Waals surface area (Å²) in [6.45, 7) is 4.23. The van der Waals surface area contributed by atoms with E-state index in [2.05, 4.69) is 27.3 Å². The molecule has 1 aliphatic carbocycles. The number of quaternary nitrogens is 1. The number of hydrogen-bond acceptors (Lipinski definition) is 3. The van der Waals surface area contributed by atoms with Crippen LogP contribution < -0.4 is 20.1 Å². The highest BCUT2D eigenvalue weighted by Crippen LogP contribution is 2.32. The third kappa shape index (κ3) is 3.28. The summed E-state index contributed by atoms with van der Waals surface area (Å²) in [6, 6.07) is 3.97. The number of carbonyl (C=O) groups excluding carboxylic acids is 2. The van der Waals surface area contributed by atoms with E-state index in [4.69, 9.17) is 0 Å². The normalized spacial score (nSPS) is 24.0. The zero-order chi connectivity index (χ0) is 18.0. The van der Waals surface area contributed by atoms with Crippen molar-refractivity contribution in [2.24, 2.45) is 0 Å². The fourth-order valence-electron chi connectivity index (χ4n) is 4.54. The summed E-state index contributed by atoms with van der Waals surface area (Å²) in [6.07, 6.45) is 9.84. The molecule has 0 bridgehead atoms. The minimum absolute atomic E-state index is 0.0120. The second-order valence-electron chi connectivity index (χ2n) is 7.81. The van der Waals surface area contributed by atoms with Gasteiger partial charge in [-0.3, -0.25) is 4.79 Å². The summed E-state index contributed by atoms with van der Waals surface area (Å²) >= 11 is 0. The first-order valence-corrected chi connectivity index (χ1v) is 9.87. The van der Waals surface area contributed by atoms with Crippen molar-refractivity contribution in [1.82, 2.24) is 10.2 Å². The lowest BCUT2D eigenvalue weighted by Gasteiger charge is -2.34. The molecule has 0 radical (unpaired) electrons. The van der Waals surface area contributed by atoms with Crippen molar-refractivity contribution in [2.75, 3.05) is 37.7 Å². The van der Waals surface area contributed by atoms with Crippen LogP contribution >= 0.6 is 0 Å². The van der Waals surface area contributed by atoms with E-state index >= 15 is 0 Å². The monoisotopic (exact) mass is 359 g/mol. The molecule has 1 saturated carbocycles. The first-order valence-electron chi connectivity index (χ1n) is 9.87. The van der Waals surface area contributed by atoms with Crippen LogP contribution in [0.2, 0.25) is 0 Å². The molecule has 1 spiro atoms. The van der Waals surface area contributed by atoms with Gasteiger partial charge in [-0.1, -0.05) is 25.7 Å². The zero-order valence-electron chi connectivity index (χ0n) is 15.3. The number of nitrogens with one attached hydrogen (secondary N) is 3. The van der Waals surface area contributed by atoms with E-state index in [0.29, 0.717) is 6.67 Å². The van der Waals surface area contributed by atoms with E-state index in [1.54, 1.807) is 0 Å². The van der Waals surface area contributed by atoms with Crippen molar-refractivity contribution < 1.29 is 19.5 Å². The van der Waals surface area contributed by atoms with Crippen LogP contribution in [0.25, 0.3) is 0 Å². The van der Waals surface area contributed by atoms with Gasteiger partial charge in [-0.2, -0.15) is 0 Å². The van der Waals surface area contributed by atoms with Gasteiger partial charge >= 0.3 is 6.03 Å². The molecule has 140 valence electrons. The number of H-pyrrole nitrogens is 1. The predicted molar refractivity (Wildman–Crippen MR) is 96.6 cm³/mol. The molecule has 4 rings (SSSR count). The number of anilines is 1. The van der Waals surface area contributed by atoms with E-state index in [-0.39, 0.29) is 11.9 Å². The van der Waals surface area contributed by atoms with Crippen LogP contribution in [-0.4, -0.2) is 55.2 Å². The largest absolute Gasteiger partial charge is 0.360 e. The summed E-state index contributed by atoms with van der Waals surface area (Å²) in [5, 5.41) is 3.04. The molecule has 1 aromatic heterocycles. The van der Waals surface area contributed by atoms with Crippen LogP contribution in [-0.2, 0) is 4.79 Å².